The van der Waals surface area contributed by atoms with Crippen LogP contribution in [-0.4, -0.2) is 49.3 Å². The zero-order valence-electron chi connectivity index (χ0n) is 8.87. The predicted octanol–water partition coefficient (Wildman–Crippen LogP) is -1.53. The Hall–Kier alpha value is -1.43. The molecule has 1 saturated heterocycles. The fourth-order valence-corrected chi connectivity index (χ4v) is 1.26. The van der Waals surface area contributed by atoms with Crippen molar-refractivity contribution in [3.63, 3.8) is 0 Å². The van der Waals surface area contributed by atoms with E-state index < -0.39 is 11.9 Å². The molecule has 1 atom stereocenters. The third-order valence-corrected chi connectivity index (χ3v) is 2.09. The van der Waals surface area contributed by atoms with Gasteiger partial charge in [0, 0.05) is 13.0 Å². The van der Waals surface area contributed by atoms with Crippen molar-refractivity contribution in [2.75, 3.05) is 20.6 Å². The van der Waals surface area contributed by atoms with Gasteiger partial charge in [-0.15, -0.1) is 0 Å². The first kappa shape index (κ1) is 11.6. The molecule has 0 bridgehead atoms. The Morgan fingerprint density at radius 1 is 1.53 bits per heavy atom. The highest BCUT2D eigenvalue weighted by molar-refractivity contribution is 6.06. The average molecular weight is 213 g/mol. The molecule has 1 rings (SSSR count). The lowest BCUT2D eigenvalue weighted by molar-refractivity contribution is -0.128. The number of nitrogens with one attached hydrogen (secondary N) is 2. The Labute approximate surface area is 88.0 Å². The van der Waals surface area contributed by atoms with Crippen molar-refractivity contribution in [3.05, 3.63) is 0 Å². The summed E-state index contributed by atoms with van der Waals surface area (Å²) in [6, 6.07) is -0.688. The number of imide groups is 1. The van der Waals surface area contributed by atoms with Crippen molar-refractivity contribution in [2.45, 2.75) is 18.9 Å². The maximum absolute atomic E-state index is 11.3. The van der Waals surface area contributed by atoms with Crippen molar-refractivity contribution in [1.29, 1.82) is 0 Å². The number of amides is 3. The van der Waals surface area contributed by atoms with Gasteiger partial charge in [-0.25, -0.2) is 0 Å². The lowest BCUT2D eigenvalue weighted by atomic mass is 10.2. The Morgan fingerprint density at radius 3 is 2.67 bits per heavy atom. The van der Waals surface area contributed by atoms with E-state index in [0.29, 0.717) is 13.0 Å². The van der Waals surface area contributed by atoms with Gasteiger partial charge in [0.15, 0.2) is 0 Å². The summed E-state index contributed by atoms with van der Waals surface area (Å²) in [6.07, 6.45) is 0.373. The summed E-state index contributed by atoms with van der Waals surface area (Å²) in [5.41, 5.74) is 0. The molecule has 0 saturated carbocycles. The molecule has 6 heteroatoms. The van der Waals surface area contributed by atoms with Crippen LogP contribution in [0, 0.1) is 0 Å². The van der Waals surface area contributed by atoms with Crippen molar-refractivity contribution < 1.29 is 14.4 Å². The number of carbonyl (C=O) groups is 3. The number of rotatable bonds is 4. The highest BCUT2D eigenvalue weighted by Crippen LogP contribution is 2.01. The third-order valence-electron chi connectivity index (χ3n) is 2.09. The summed E-state index contributed by atoms with van der Waals surface area (Å²) < 4.78 is 0. The highest BCUT2D eigenvalue weighted by atomic mass is 16.2. The van der Waals surface area contributed by atoms with E-state index in [9.17, 15) is 14.4 Å². The minimum absolute atomic E-state index is 0.0482. The van der Waals surface area contributed by atoms with Gasteiger partial charge < -0.3 is 10.2 Å². The Morgan fingerprint density at radius 2 is 2.20 bits per heavy atom. The zero-order valence-corrected chi connectivity index (χ0v) is 8.87. The zero-order chi connectivity index (χ0) is 11.4. The van der Waals surface area contributed by atoms with E-state index >= 15 is 0 Å². The molecule has 84 valence electrons. The van der Waals surface area contributed by atoms with E-state index in [2.05, 4.69) is 10.6 Å². The molecule has 0 aromatic heterocycles. The maximum Gasteiger partial charge on any atom is 0.249 e. The van der Waals surface area contributed by atoms with Crippen LogP contribution in [0.4, 0.5) is 0 Å². The topological polar surface area (TPSA) is 78.5 Å². The minimum atomic E-state index is -0.688. The monoisotopic (exact) mass is 213 g/mol. The van der Waals surface area contributed by atoms with Gasteiger partial charge in [-0.1, -0.05) is 0 Å². The van der Waals surface area contributed by atoms with Crippen LogP contribution in [0.3, 0.4) is 0 Å². The molecule has 2 N–H and O–H groups in total. The number of hydrogen-bond donors (Lipinski definition) is 2. The SMILES string of the molecule is CN(C)CCC(=O)NC1CC(=O)NC1=O. The van der Waals surface area contributed by atoms with E-state index in [1.807, 2.05) is 19.0 Å². The fraction of sp³-hybridized carbons (Fsp3) is 0.667. The molecule has 1 aliphatic heterocycles. The van der Waals surface area contributed by atoms with Gasteiger partial charge in [0.1, 0.15) is 6.04 Å². The van der Waals surface area contributed by atoms with Crippen LogP contribution in [-0.2, 0) is 14.4 Å². The Kier molecular flexibility index (Phi) is 3.79. The molecule has 0 aromatic rings. The molecule has 1 heterocycles. The van der Waals surface area contributed by atoms with Gasteiger partial charge in [0.2, 0.25) is 17.7 Å². The molecule has 3 amide bonds. The van der Waals surface area contributed by atoms with Crippen molar-refractivity contribution in [3.8, 4) is 0 Å². The standard InChI is InChI=1S/C9H15N3O3/c1-12(2)4-3-7(13)10-6-5-8(14)11-9(6)15/h6H,3-5H2,1-2H3,(H,10,13)(H,11,14,15). The van der Waals surface area contributed by atoms with Gasteiger partial charge in [0.25, 0.3) is 0 Å². The lowest BCUT2D eigenvalue weighted by Crippen LogP contribution is -2.40. The molecule has 1 fully saturated rings. The third kappa shape index (κ3) is 3.67. The summed E-state index contributed by atoms with van der Waals surface area (Å²) in [6.45, 7) is 0.619. The second kappa shape index (κ2) is 4.88. The maximum atomic E-state index is 11.3. The molecular formula is C9H15N3O3. The Bertz CT molecular complexity index is 288. The second-order valence-electron chi connectivity index (χ2n) is 3.79. The fourth-order valence-electron chi connectivity index (χ4n) is 1.26. The largest absolute Gasteiger partial charge is 0.344 e. The van der Waals surface area contributed by atoms with Gasteiger partial charge in [-0.05, 0) is 14.1 Å². The van der Waals surface area contributed by atoms with Crippen LogP contribution in [0.1, 0.15) is 12.8 Å². The summed E-state index contributed by atoms with van der Waals surface area (Å²) in [5.74, 6) is -0.963. The summed E-state index contributed by atoms with van der Waals surface area (Å²) in [5, 5.41) is 4.65. The van der Waals surface area contributed by atoms with Gasteiger partial charge >= 0.3 is 0 Å². The molecule has 0 spiro atoms. The molecule has 0 radical (unpaired) electrons. The van der Waals surface area contributed by atoms with Gasteiger partial charge in [0.05, 0.1) is 6.42 Å². The molecule has 1 unspecified atom stereocenters. The normalized spacial score (nSPS) is 20.6. The van der Waals surface area contributed by atoms with Crippen molar-refractivity contribution in [1.82, 2.24) is 15.5 Å². The quantitative estimate of drug-likeness (QED) is 0.555. The molecule has 15 heavy (non-hydrogen) atoms. The number of nitrogens with zero attached hydrogens (tertiary/aromatic N) is 1. The van der Waals surface area contributed by atoms with Crippen LogP contribution < -0.4 is 10.6 Å². The smallest absolute Gasteiger partial charge is 0.249 e. The van der Waals surface area contributed by atoms with Crippen LogP contribution in [0.25, 0.3) is 0 Å². The summed E-state index contributed by atoms with van der Waals surface area (Å²) in [7, 11) is 3.72. The highest BCUT2D eigenvalue weighted by Gasteiger charge is 2.31. The van der Waals surface area contributed by atoms with E-state index in [-0.39, 0.29) is 18.2 Å². The number of hydrogen-bond acceptors (Lipinski definition) is 4. The van der Waals surface area contributed by atoms with E-state index in [0.717, 1.165) is 0 Å². The van der Waals surface area contributed by atoms with Crippen LogP contribution >= 0.6 is 0 Å². The molecule has 6 nitrogen and oxygen atoms in total. The van der Waals surface area contributed by atoms with E-state index in [1.165, 1.54) is 0 Å². The predicted molar refractivity (Wildman–Crippen MR) is 52.9 cm³/mol. The Balaban J connectivity index is 2.32. The van der Waals surface area contributed by atoms with Crippen LogP contribution in [0.5, 0.6) is 0 Å². The first-order chi connectivity index (χ1) is 6.99. The molecule has 1 aliphatic rings. The number of carbonyl (C=O) groups excluding carboxylic acids is 3. The van der Waals surface area contributed by atoms with Crippen molar-refractivity contribution in [2.24, 2.45) is 0 Å². The summed E-state index contributed by atoms with van der Waals surface area (Å²) in [4.78, 5) is 35.1. The minimum Gasteiger partial charge on any atom is -0.344 e. The second-order valence-corrected chi connectivity index (χ2v) is 3.79. The lowest BCUT2D eigenvalue weighted by Gasteiger charge is -2.11. The van der Waals surface area contributed by atoms with Gasteiger partial charge in [-0.3, -0.25) is 19.7 Å². The van der Waals surface area contributed by atoms with E-state index in [1.54, 1.807) is 0 Å². The first-order valence-corrected chi connectivity index (χ1v) is 4.77. The molecule has 0 aromatic carbocycles. The molecular weight excluding hydrogens is 198 g/mol. The summed E-state index contributed by atoms with van der Waals surface area (Å²) >= 11 is 0. The first-order valence-electron chi connectivity index (χ1n) is 4.77. The van der Waals surface area contributed by atoms with Gasteiger partial charge in [-0.2, -0.15) is 0 Å². The van der Waals surface area contributed by atoms with Crippen molar-refractivity contribution >= 4 is 17.7 Å². The van der Waals surface area contributed by atoms with E-state index in [4.69, 9.17) is 0 Å². The molecule has 0 aliphatic carbocycles. The van der Waals surface area contributed by atoms with Crippen LogP contribution in [0.2, 0.25) is 0 Å². The average Bonchev–Trinajstić information content (AvgIpc) is 2.42. The van der Waals surface area contributed by atoms with Crippen LogP contribution in [0.15, 0.2) is 0 Å².